The Hall–Kier alpha value is -1.62. The SMILES string of the molecule is COc1ccncc1NC(=O)CCO[C@H](C)CC(C)C. The zero-order chi connectivity index (χ0) is 15.0. The van der Waals surface area contributed by atoms with Crippen molar-refractivity contribution in [3.8, 4) is 5.75 Å². The Labute approximate surface area is 120 Å². The maximum absolute atomic E-state index is 11.8. The van der Waals surface area contributed by atoms with E-state index in [4.69, 9.17) is 9.47 Å². The first kappa shape index (κ1) is 16.4. The molecule has 20 heavy (non-hydrogen) atoms. The molecular formula is C15H24N2O3. The van der Waals surface area contributed by atoms with E-state index in [2.05, 4.69) is 24.1 Å². The molecular weight excluding hydrogens is 256 g/mol. The maximum atomic E-state index is 11.8. The molecule has 1 rings (SSSR count). The Morgan fingerprint density at radius 1 is 1.40 bits per heavy atom. The van der Waals surface area contributed by atoms with Crippen LogP contribution < -0.4 is 10.1 Å². The average molecular weight is 280 g/mol. The Morgan fingerprint density at radius 2 is 2.15 bits per heavy atom. The third-order valence-electron chi connectivity index (χ3n) is 2.81. The van der Waals surface area contributed by atoms with Crippen molar-refractivity contribution in [2.24, 2.45) is 5.92 Å². The first-order valence-electron chi connectivity index (χ1n) is 6.92. The van der Waals surface area contributed by atoms with Crippen LogP contribution in [0.1, 0.15) is 33.6 Å². The van der Waals surface area contributed by atoms with Crippen LogP contribution in [0.3, 0.4) is 0 Å². The van der Waals surface area contributed by atoms with Gasteiger partial charge in [0.25, 0.3) is 0 Å². The molecule has 1 aromatic heterocycles. The monoisotopic (exact) mass is 280 g/mol. The van der Waals surface area contributed by atoms with Gasteiger partial charge in [0.15, 0.2) is 0 Å². The average Bonchev–Trinajstić information content (AvgIpc) is 2.38. The Bertz CT molecular complexity index is 421. The highest BCUT2D eigenvalue weighted by Crippen LogP contribution is 2.21. The fourth-order valence-corrected chi connectivity index (χ4v) is 1.95. The van der Waals surface area contributed by atoms with Crippen LogP contribution in [0.2, 0.25) is 0 Å². The van der Waals surface area contributed by atoms with Gasteiger partial charge in [-0.2, -0.15) is 0 Å². The summed E-state index contributed by atoms with van der Waals surface area (Å²) in [6.45, 7) is 6.76. The molecule has 1 amide bonds. The van der Waals surface area contributed by atoms with E-state index in [0.717, 1.165) is 6.42 Å². The molecule has 1 heterocycles. The fourth-order valence-electron chi connectivity index (χ4n) is 1.95. The number of ether oxygens (including phenoxy) is 2. The van der Waals surface area contributed by atoms with E-state index in [-0.39, 0.29) is 12.0 Å². The number of rotatable bonds is 8. The molecule has 0 aliphatic rings. The van der Waals surface area contributed by atoms with Gasteiger partial charge in [0.2, 0.25) is 5.91 Å². The van der Waals surface area contributed by atoms with E-state index in [0.29, 0.717) is 30.4 Å². The number of methoxy groups -OCH3 is 1. The molecule has 1 atom stereocenters. The van der Waals surface area contributed by atoms with Gasteiger partial charge in [-0.1, -0.05) is 13.8 Å². The van der Waals surface area contributed by atoms with Crippen molar-refractivity contribution >= 4 is 11.6 Å². The van der Waals surface area contributed by atoms with E-state index in [1.807, 2.05) is 6.92 Å². The summed E-state index contributed by atoms with van der Waals surface area (Å²) in [5, 5.41) is 2.77. The topological polar surface area (TPSA) is 60.5 Å². The molecule has 112 valence electrons. The number of carbonyl (C=O) groups excluding carboxylic acids is 1. The van der Waals surface area contributed by atoms with Crippen LogP contribution in [-0.4, -0.2) is 30.7 Å². The second kappa shape index (κ2) is 8.53. The van der Waals surface area contributed by atoms with Crippen molar-refractivity contribution in [1.29, 1.82) is 0 Å². The predicted molar refractivity (Wildman–Crippen MR) is 78.9 cm³/mol. The highest BCUT2D eigenvalue weighted by atomic mass is 16.5. The zero-order valence-electron chi connectivity index (χ0n) is 12.7. The second-order valence-electron chi connectivity index (χ2n) is 5.19. The normalized spacial score (nSPS) is 12.2. The minimum absolute atomic E-state index is 0.104. The lowest BCUT2D eigenvalue weighted by atomic mass is 10.1. The fraction of sp³-hybridized carbons (Fsp3) is 0.600. The van der Waals surface area contributed by atoms with Gasteiger partial charge in [-0.3, -0.25) is 9.78 Å². The smallest absolute Gasteiger partial charge is 0.226 e. The molecule has 5 heteroatoms. The summed E-state index contributed by atoms with van der Waals surface area (Å²) >= 11 is 0. The second-order valence-corrected chi connectivity index (χ2v) is 5.19. The number of aromatic nitrogens is 1. The lowest BCUT2D eigenvalue weighted by Gasteiger charge is -2.15. The lowest BCUT2D eigenvalue weighted by Crippen LogP contribution is -2.18. The number of anilines is 1. The number of nitrogens with zero attached hydrogens (tertiary/aromatic N) is 1. The van der Waals surface area contributed by atoms with Crippen LogP contribution in [0.4, 0.5) is 5.69 Å². The lowest BCUT2D eigenvalue weighted by molar-refractivity contribution is -0.117. The van der Waals surface area contributed by atoms with E-state index in [9.17, 15) is 4.79 Å². The molecule has 0 aliphatic carbocycles. The molecule has 1 N–H and O–H groups in total. The number of pyridine rings is 1. The number of hydrogen-bond donors (Lipinski definition) is 1. The molecule has 0 saturated heterocycles. The van der Waals surface area contributed by atoms with Crippen molar-refractivity contribution in [3.63, 3.8) is 0 Å². The predicted octanol–water partition coefficient (Wildman–Crippen LogP) is 2.87. The van der Waals surface area contributed by atoms with Crippen molar-refractivity contribution in [1.82, 2.24) is 4.98 Å². The minimum Gasteiger partial charge on any atom is -0.494 e. The summed E-state index contributed by atoms with van der Waals surface area (Å²) in [6.07, 6.45) is 4.68. The first-order valence-corrected chi connectivity index (χ1v) is 6.92. The summed E-state index contributed by atoms with van der Waals surface area (Å²) in [4.78, 5) is 15.8. The standard InChI is InChI=1S/C15H24N2O3/c1-11(2)9-12(3)20-8-6-15(18)17-13-10-16-7-5-14(13)19-4/h5,7,10-12H,6,8-9H2,1-4H3,(H,17,18)/t12-/m1/s1. The van der Waals surface area contributed by atoms with E-state index in [1.165, 1.54) is 0 Å². The third kappa shape index (κ3) is 6.02. The number of amides is 1. The minimum atomic E-state index is -0.104. The van der Waals surface area contributed by atoms with E-state index < -0.39 is 0 Å². The molecule has 0 aromatic carbocycles. The van der Waals surface area contributed by atoms with E-state index in [1.54, 1.807) is 25.6 Å². The summed E-state index contributed by atoms with van der Waals surface area (Å²) in [7, 11) is 1.56. The third-order valence-corrected chi connectivity index (χ3v) is 2.81. The maximum Gasteiger partial charge on any atom is 0.226 e. The molecule has 5 nitrogen and oxygen atoms in total. The highest BCUT2D eigenvalue weighted by molar-refractivity contribution is 5.92. The molecule has 0 aliphatic heterocycles. The van der Waals surface area contributed by atoms with Gasteiger partial charge < -0.3 is 14.8 Å². The number of hydrogen-bond acceptors (Lipinski definition) is 4. The quantitative estimate of drug-likeness (QED) is 0.795. The van der Waals surface area contributed by atoms with Crippen molar-refractivity contribution < 1.29 is 14.3 Å². The summed E-state index contributed by atoms with van der Waals surface area (Å²) in [5.41, 5.74) is 0.579. The van der Waals surface area contributed by atoms with Gasteiger partial charge in [-0.15, -0.1) is 0 Å². The van der Waals surface area contributed by atoms with Crippen molar-refractivity contribution in [3.05, 3.63) is 18.5 Å². The summed E-state index contributed by atoms with van der Waals surface area (Å²) in [5.74, 6) is 1.09. The van der Waals surface area contributed by atoms with Crippen LogP contribution in [0.25, 0.3) is 0 Å². The van der Waals surface area contributed by atoms with Gasteiger partial charge in [0.05, 0.1) is 32.4 Å². The van der Waals surface area contributed by atoms with Crippen molar-refractivity contribution in [2.45, 2.75) is 39.7 Å². The van der Waals surface area contributed by atoms with Gasteiger partial charge in [0, 0.05) is 12.3 Å². The van der Waals surface area contributed by atoms with Crippen molar-refractivity contribution in [2.75, 3.05) is 19.0 Å². The summed E-state index contributed by atoms with van der Waals surface area (Å²) < 4.78 is 10.8. The number of nitrogens with one attached hydrogen (secondary N) is 1. The Kier molecular flexibility index (Phi) is 7.01. The number of carbonyl (C=O) groups is 1. The van der Waals surface area contributed by atoms with Gasteiger partial charge >= 0.3 is 0 Å². The van der Waals surface area contributed by atoms with Gasteiger partial charge in [-0.25, -0.2) is 0 Å². The largest absolute Gasteiger partial charge is 0.494 e. The van der Waals surface area contributed by atoms with Crippen LogP contribution in [0.5, 0.6) is 5.75 Å². The first-order chi connectivity index (χ1) is 9.52. The molecule has 1 aromatic rings. The molecule has 0 fully saturated rings. The zero-order valence-corrected chi connectivity index (χ0v) is 12.7. The van der Waals surface area contributed by atoms with Crippen LogP contribution in [0.15, 0.2) is 18.5 Å². The molecule has 0 saturated carbocycles. The Morgan fingerprint density at radius 3 is 2.80 bits per heavy atom. The molecule has 0 spiro atoms. The summed E-state index contributed by atoms with van der Waals surface area (Å²) in [6, 6.07) is 1.71. The Balaban J connectivity index is 2.33. The van der Waals surface area contributed by atoms with Crippen LogP contribution in [-0.2, 0) is 9.53 Å². The van der Waals surface area contributed by atoms with Crippen LogP contribution in [0, 0.1) is 5.92 Å². The van der Waals surface area contributed by atoms with E-state index >= 15 is 0 Å². The van der Waals surface area contributed by atoms with Gasteiger partial charge in [0.1, 0.15) is 11.4 Å². The molecule has 0 radical (unpaired) electrons. The highest BCUT2D eigenvalue weighted by Gasteiger charge is 2.09. The van der Waals surface area contributed by atoms with Crippen LogP contribution >= 0.6 is 0 Å². The molecule has 0 bridgehead atoms. The van der Waals surface area contributed by atoms with Gasteiger partial charge in [-0.05, 0) is 19.3 Å². The molecule has 0 unspecified atom stereocenters.